The second-order valence-electron chi connectivity index (χ2n) is 5.95. The van der Waals surface area contributed by atoms with Crippen LogP contribution in [0.25, 0.3) is 0 Å². The zero-order valence-corrected chi connectivity index (χ0v) is 15.4. The molecule has 138 valence electrons. The molecule has 0 heterocycles. The maximum Gasteiger partial charge on any atom is 0.251 e. The summed E-state index contributed by atoms with van der Waals surface area (Å²) in [5.74, 6) is 0.268. The van der Waals surface area contributed by atoms with Gasteiger partial charge in [-0.2, -0.15) is 0 Å². The molecule has 0 spiro atoms. The third-order valence-electron chi connectivity index (χ3n) is 3.92. The van der Waals surface area contributed by atoms with Gasteiger partial charge in [0.15, 0.2) is 0 Å². The Morgan fingerprint density at radius 3 is 2.50 bits per heavy atom. The van der Waals surface area contributed by atoms with Crippen molar-refractivity contribution in [1.29, 1.82) is 0 Å². The Balaban J connectivity index is 1.90. The Bertz CT molecular complexity index is 716. The Morgan fingerprint density at radius 2 is 1.81 bits per heavy atom. The van der Waals surface area contributed by atoms with Crippen LogP contribution in [0.15, 0.2) is 54.6 Å². The molecule has 0 aromatic heterocycles. The molecule has 0 saturated carbocycles. The number of benzene rings is 2. The van der Waals surface area contributed by atoms with Crippen molar-refractivity contribution in [2.75, 3.05) is 19.7 Å². The summed E-state index contributed by atoms with van der Waals surface area (Å²) in [5, 5.41) is 2.70. The van der Waals surface area contributed by atoms with Crippen molar-refractivity contribution < 1.29 is 14.3 Å². The lowest BCUT2D eigenvalue weighted by Crippen LogP contribution is -2.39. The van der Waals surface area contributed by atoms with E-state index in [4.69, 9.17) is 4.74 Å². The summed E-state index contributed by atoms with van der Waals surface area (Å²) < 4.78 is 5.54. The Kier molecular flexibility index (Phi) is 7.68. The van der Waals surface area contributed by atoms with Crippen LogP contribution in [0.1, 0.15) is 36.2 Å². The number of hydrogen-bond acceptors (Lipinski definition) is 3. The number of nitrogens with zero attached hydrogens (tertiary/aromatic N) is 1. The van der Waals surface area contributed by atoms with Crippen molar-refractivity contribution in [3.05, 3.63) is 65.7 Å². The second-order valence-corrected chi connectivity index (χ2v) is 5.95. The number of likely N-dealkylation sites (N-methyl/N-ethyl adjacent to an activating group) is 1. The quantitative estimate of drug-likeness (QED) is 0.752. The molecule has 0 aliphatic carbocycles. The second kappa shape index (κ2) is 10.2. The highest BCUT2D eigenvalue weighted by atomic mass is 16.5. The highest BCUT2D eigenvalue weighted by molar-refractivity contribution is 5.96. The molecule has 2 aromatic rings. The SMILES string of the molecule is CCCOc1cccc(C(=O)NCC(=O)N(CC)Cc2ccccc2)c1. The normalized spacial score (nSPS) is 10.2. The van der Waals surface area contributed by atoms with Gasteiger partial charge in [-0.1, -0.05) is 43.3 Å². The number of ether oxygens (including phenoxy) is 1. The summed E-state index contributed by atoms with van der Waals surface area (Å²) in [5.41, 5.74) is 1.55. The number of nitrogens with one attached hydrogen (secondary N) is 1. The molecule has 0 aliphatic rings. The average molecular weight is 354 g/mol. The van der Waals surface area contributed by atoms with E-state index in [0.29, 0.717) is 31.0 Å². The van der Waals surface area contributed by atoms with Crippen LogP contribution in [-0.4, -0.2) is 36.4 Å². The van der Waals surface area contributed by atoms with Gasteiger partial charge in [0.05, 0.1) is 13.2 Å². The standard InChI is InChI=1S/C21H26N2O3/c1-3-13-26-19-12-8-11-18(14-19)21(25)22-15-20(24)23(4-2)16-17-9-6-5-7-10-17/h5-12,14H,3-4,13,15-16H2,1-2H3,(H,22,25). The molecule has 0 radical (unpaired) electrons. The molecule has 5 nitrogen and oxygen atoms in total. The van der Waals surface area contributed by atoms with E-state index in [2.05, 4.69) is 5.32 Å². The van der Waals surface area contributed by atoms with Crippen LogP contribution >= 0.6 is 0 Å². The molecule has 0 aliphatic heterocycles. The number of rotatable bonds is 9. The van der Waals surface area contributed by atoms with E-state index in [-0.39, 0.29) is 18.4 Å². The van der Waals surface area contributed by atoms with Crippen LogP contribution in [0.2, 0.25) is 0 Å². The average Bonchev–Trinajstić information content (AvgIpc) is 2.69. The highest BCUT2D eigenvalue weighted by Gasteiger charge is 2.14. The molecule has 2 aromatic carbocycles. The minimum absolute atomic E-state index is 0.0282. The summed E-state index contributed by atoms with van der Waals surface area (Å²) in [7, 11) is 0. The van der Waals surface area contributed by atoms with Crippen molar-refractivity contribution in [2.24, 2.45) is 0 Å². The van der Waals surface area contributed by atoms with E-state index in [1.807, 2.05) is 50.2 Å². The van der Waals surface area contributed by atoms with Crippen LogP contribution < -0.4 is 10.1 Å². The van der Waals surface area contributed by atoms with Crippen LogP contribution in [-0.2, 0) is 11.3 Å². The van der Waals surface area contributed by atoms with Gasteiger partial charge in [-0.05, 0) is 37.1 Å². The third kappa shape index (κ3) is 5.92. The maximum absolute atomic E-state index is 12.4. The molecule has 1 N–H and O–H groups in total. The Morgan fingerprint density at radius 1 is 1.04 bits per heavy atom. The lowest BCUT2D eigenvalue weighted by molar-refractivity contribution is -0.130. The summed E-state index contributed by atoms with van der Waals surface area (Å²) >= 11 is 0. The maximum atomic E-state index is 12.4. The van der Waals surface area contributed by atoms with E-state index >= 15 is 0 Å². The topological polar surface area (TPSA) is 58.6 Å². The first kappa shape index (κ1) is 19.5. The van der Waals surface area contributed by atoms with Gasteiger partial charge in [0, 0.05) is 18.7 Å². The van der Waals surface area contributed by atoms with Crippen molar-refractivity contribution in [1.82, 2.24) is 10.2 Å². The van der Waals surface area contributed by atoms with Crippen molar-refractivity contribution in [3.63, 3.8) is 0 Å². The van der Waals surface area contributed by atoms with Gasteiger partial charge in [0.2, 0.25) is 5.91 Å². The van der Waals surface area contributed by atoms with Crippen LogP contribution in [0.3, 0.4) is 0 Å². The summed E-state index contributed by atoms with van der Waals surface area (Å²) in [6.07, 6.45) is 0.902. The fraction of sp³-hybridized carbons (Fsp3) is 0.333. The van der Waals surface area contributed by atoms with Crippen LogP contribution in [0.5, 0.6) is 5.75 Å². The highest BCUT2D eigenvalue weighted by Crippen LogP contribution is 2.13. The first-order valence-corrected chi connectivity index (χ1v) is 8.96. The van der Waals surface area contributed by atoms with Gasteiger partial charge in [0.1, 0.15) is 5.75 Å². The van der Waals surface area contributed by atoms with Gasteiger partial charge in [0.25, 0.3) is 5.91 Å². The monoisotopic (exact) mass is 354 g/mol. The van der Waals surface area contributed by atoms with E-state index in [0.717, 1.165) is 12.0 Å². The predicted molar refractivity (Wildman–Crippen MR) is 102 cm³/mol. The fourth-order valence-electron chi connectivity index (χ4n) is 2.50. The van der Waals surface area contributed by atoms with Gasteiger partial charge in [-0.25, -0.2) is 0 Å². The fourth-order valence-corrected chi connectivity index (χ4v) is 2.50. The zero-order valence-electron chi connectivity index (χ0n) is 15.4. The molecule has 2 amide bonds. The summed E-state index contributed by atoms with van der Waals surface area (Å²) in [6, 6.07) is 16.8. The van der Waals surface area contributed by atoms with Gasteiger partial charge >= 0.3 is 0 Å². The molecule has 5 heteroatoms. The smallest absolute Gasteiger partial charge is 0.251 e. The molecular weight excluding hydrogens is 328 g/mol. The number of carbonyl (C=O) groups excluding carboxylic acids is 2. The summed E-state index contributed by atoms with van der Waals surface area (Å²) in [4.78, 5) is 26.4. The number of carbonyl (C=O) groups is 2. The predicted octanol–water partition coefficient (Wildman–Crippen LogP) is 3.25. The van der Waals surface area contributed by atoms with E-state index in [9.17, 15) is 9.59 Å². The molecule has 0 unspecified atom stereocenters. The van der Waals surface area contributed by atoms with Gasteiger partial charge in [-0.3, -0.25) is 9.59 Å². The zero-order chi connectivity index (χ0) is 18.8. The minimum Gasteiger partial charge on any atom is -0.494 e. The first-order chi connectivity index (χ1) is 12.6. The van der Waals surface area contributed by atoms with Gasteiger partial charge in [-0.15, -0.1) is 0 Å². The minimum atomic E-state index is -0.281. The first-order valence-electron chi connectivity index (χ1n) is 8.96. The number of amides is 2. The molecule has 0 atom stereocenters. The van der Waals surface area contributed by atoms with Crippen LogP contribution in [0.4, 0.5) is 0 Å². The lowest BCUT2D eigenvalue weighted by Gasteiger charge is -2.21. The third-order valence-corrected chi connectivity index (χ3v) is 3.92. The molecule has 0 bridgehead atoms. The largest absolute Gasteiger partial charge is 0.494 e. The molecule has 0 saturated heterocycles. The molecule has 2 rings (SSSR count). The molecular formula is C21H26N2O3. The van der Waals surface area contributed by atoms with Crippen molar-refractivity contribution in [2.45, 2.75) is 26.8 Å². The molecule has 26 heavy (non-hydrogen) atoms. The van der Waals surface area contributed by atoms with E-state index < -0.39 is 0 Å². The Labute approximate surface area is 155 Å². The van der Waals surface area contributed by atoms with Crippen molar-refractivity contribution >= 4 is 11.8 Å². The van der Waals surface area contributed by atoms with Crippen molar-refractivity contribution in [3.8, 4) is 5.75 Å². The molecule has 0 fully saturated rings. The van der Waals surface area contributed by atoms with E-state index in [1.54, 1.807) is 23.1 Å². The Hall–Kier alpha value is -2.82. The lowest BCUT2D eigenvalue weighted by atomic mass is 10.2. The van der Waals surface area contributed by atoms with E-state index in [1.165, 1.54) is 0 Å². The van der Waals surface area contributed by atoms with Crippen LogP contribution in [0, 0.1) is 0 Å². The number of hydrogen-bond donors (Lipinski definition) is 1. The summed E-state index contributed by atoms with van der Waals surface area (Å²) in [6.45, 7) is 5.65. The van der Waals surface area contributed by atoms with Gasteiger partial charge < -0.3 is 15.0 Å².